The first-order valence-electron chi connectivity index (χ1n) is 8.69. The minimum Gasteiger partial charge on any atom is -0.493 e. The molecule has 0 fully saturated rings. The Morgan fingerprint density at radius 2 is 1.90 bits per heavy atom. The van der Waals surface area contributed by atoms with Gasteiger partial charge in [0.15, 0.2) is 11.5 Å². The molecule has 148 valence electrons. The van der Waals surface area contributed by atoms with E-state index in [1.807, 2.05) is 6.07 Å². The maximum Gasteiger partial charge on any atom is 0.271 e. The third-order valence-corrected chi connectivity index (χ3v) is 4.46. The van der Waals surface area contributed by atoms with Crippen LogP contribution in [0.25, 0.3) is 0 Å². The zero-order valence-corrected chi connectivity index (χ0v) is 17.1. The van der Waals surface area contributed by atoms with Gasteiger partial charge in [-0.05, 0) is 59.7 Å². The lowest BCUT2D eigenvalue weighted by molar-refractivity contribution is 0.0955. The molecule has 0 aliphatic carbocycles. The number of hydrogen-bond acceptors (Lipinski definition) is 4. The molecule has 0 aromatic heterocycles. The lowest BCUT2D eigenvalue weighted by Gasteiger charge is -2.11. The smallest absolute Gasteiger partial charge is 0.271 e. The highest BCUT2D eigenvalue weighted by atomic mass is 79.9. The fourth-order valence-electron chi connectivity index (χ4n) is 2.49. The van der Waals surface area contributed by atoms with Gasteiger partial charge < -0.3 is 9.47 Å². The molecule has 0 heterocycles. The van der Waals surface area contributed by atoms with Crippen molar-refractivity contribution < 1.29 is 18.7 Å². The molecule has 29 heavy (non-hydrogen) atoms. The summed E-state index contributed by atoms with van der Waals surface area (Å²) in [4.78, 5) is 12.1. The largest absolute Gasteiger partial charge is 0.493 e. The van der Waals surface area contributed by atoms with E-state index in [0.717, 1.165) is 15.6 Å². The van der Waals surface area contributed by atoms with E-state index in [1.54, 1.807) is 48.5 Å². The Kier molecular flexibility index (Phi) is 6.97. The fourth-order valence-corrected chi connectivity index (χ4v) is 2.88. The molecule has 1 N–H and O–H groups in total. The molecule has 5 nitrogen and oxygen atoms in total. The first-order chi connectivity index (χ1) is 14.0. The van der Waals surface area contributed by atoms with Crippen molar-refractivity contribution in [2.75, 3.05) is 7.11 Å². The van der Waals surface area contributed by atoms with Crippen molar-refractivity contribution >= 4 is 28.1 Å². The van der Waals surface area contributed by atoms with Gasteiger partial charge in [0.1, 0.15) is 12.4 Å². The van der Waals surface area contributed by atoms with Crippen molar-refractivity contribution in [1.29, 1.82) is 0 Å². The summed E-state index contributed by atoms with van der Waals surface area (Å²) in [6, 6.07) is 18.4. The molecule has 7 heteroatoms. The second-order valence-corrected chi connectivity index (χ2v) is 6.95. The van der Waals surface area contributed by atoms with Crippen molar-refractivity contribution in [2.45, 2.75) is 6.61 Å². The van der Waals surface area contributed by atoms with Crippen molar-refractivity contribution in [3.8, 4) is 11.5 Å². The number of benzene rings is 3. The maximum absolute atomic E-state index is 13.0. The summed E-state index contributed by atoms with van der Waals surface area (Å²) in [6.07, 6.45) is 1.52. The minimum atomic E-state index is -0.311. The number of hydrazone groups is 1. The molecule has 1 amide bonds. The van der Waals surface area contributed by atoms with Crippen LogP contribution in [-0.2, 0) is 6.61 Å². The number of nitrogens with zero attached hydrogens (tertiary/aromatic N) is 1. The molecule has 0 radical (unpaired) electrons. The van der Waals surface area contributed by atoms with Crippen LogP contribution < -0.4 is 14.9 Å². The van der Waals surface area contributed by atoms with Gasteiger partial charge in [-0.15, -0.1) is 0 Å². The summed E-state index contributed by atoms with van der Waals surface area (Å²) in [5.41, 5.74) is 4.55. The third kappa shape index (κ3) is 5.89. The number of nitrogens with one attached hydrogen (secondary N) is 1. The summed E-state index contributed by atoms with van der Waals surface area (Å²) >= 11 is 3.33. The van der Waals surface area contributed by atoms with E-state index in [9.17, 15) is 9.18 Å². The van der Waals surface area contributed by atoms with Crippen LogP contribution in [0.5, 0.6) is 11.5 Å². The first-order valence-corrected chi connectivity index (χ1v) is 9.49. The number of halogens is 2. The number of amides is 1. The van der Waals surface area contributed by atoms with Gasteiger partial charge in [-0.2, -0.15) is 5.10 Å². The van der Waals surface area contributed by atoms with Crippen LogP contribution >= 0.6 is 15.9 Å². The quantitative estimate of drug-likeness (QED) is 0.404. The molecular formula is C22H18BrFN2O3. The topological polar surface area (TPSA) is 59.9 Å². The lowest BCUT2D eigenvalue weighted by Crippen LogP contribution is -2.17. The number of ether oxygens (including phenoxy) is 2. The molecule has 3 aromatic carbocycles. The number of hydrogen-bond donors (Lipinski definition) is 1. The van der Waals surface area contributed by atoms with Gasteiger partial charge in [0, 0.05) is 10.0 Å². The molecule has 0 aliphatic rings. The van der Waals surface area contributed by atoms with Gasteiger partial charge in [0.2, 0.25) is 0 Å². The molecule has 0 saturated heterocycles. The van der Waals surface area contributed by atoms with E-state index >= 15 is 0 Å². The predicted octanol–water partition coefficient (Wildman–Crippen LogP) is 4.94. The maximum atomic E-state index is 13.0. The highest BCUT2D eigenvalue weighted by molar-refractivity contribution is 9.10. The summed E-state index contributed by atoms with van der Waals surface area (Å²) in [5.74, 6) is 0.470. The molecule has 0 spiro atoms. The predicted molar refractivity (Wildman–Crippen MR) is 113 cm³/mol. The second-order valence-electron chi connectivity index (χ2n) is 6.03. The average Bonchev–Trinajstić information content (AvgIpc) is 2.73. The van der Waals surface area contributed by atoms with Crippen LogP contribution in [0.15, 0.2) is 76.3 Å². The van der Waals surface area contributed by atoms with Crippen LogP contribution in [0.2, 0.25) is 0 Å². The van der Waals surface area contributed by atoms with Gasteiger partial charge in [-0.25, -0.2) is 9.82 Å². The normalized spacial score (nSPS) is 10.7. The fraction of sp³-hybridized carbons (Fsp3) is 0.0909. The Labute approximate surface area is 176 Å². The SMILES string of the molecule is COc1cc(/C=N\NC(=O)c2cccc(Br)c2)ccc1OCc1ccc(F)cc1. The van der Waals surface area contributed by atoms with E-state index < -0.39 is 0 Å². The number of methoxy groups -OCH3 is 1. The highest BCUT2D eigenvalue weighted by Crippen LogP contribution is 2.28. The van der Waals surface area contributed by atoms with Crippen LogP contribution in [0.3, 0.4) is 0 Å². The van der Waals surface area contributed by atoms with E-state index in [-0.39, 0.29) is 18.3 Å². The average molecular weight is 457 g/mol. The lowest BCUT2D eigenvalue weighted by atomic mass is 10.2. The summed E-state index contributed by atoms with van der Waals surface area (Å²) in [5, 5.41) is 3.98. The number of carbonyl (C=O) groups is 1. The Morgan fingerprint density at radius 1 is 1.10 bits per heavy atom. The van der Waals surface area contributed by atoms with Crippen LogP contribution in [0.4, 0.5) is 4.39 Å². The van der Waals surface area contributed by atoms with Crippen molar-refractivity contribution in [3.05, 3.63) is 93.7 Å². The standard InChI is InChI=1S/C22H18BrFN2O3/c1-28-21-11-16(13-25-26-22(27)17-3-2-4-18(23)12-17)7-10-20(21)29-14-15-5-8-19(24)9-6-15/h2-13H,14H2,1H3,(H,26,27)/b25-13-. The Morgan fingerprint density at radius 3 is 2.62 bits per heavy atom. The van der Waals surface area contributed by atoms with E-state index in [1.165, 1.54) is 25.5 Å². The zero-order valence-electron chi connectivity index (χ0n) is 15.6. The molecule has 0 atom stereocenters. The van der Waals surface area contributed by atoms with Gasteiger partial charge in [0.25, 0.3) is 5.91 Å². The Hall–Kier alpha value is -3.19. The Balaban J connectivity index is 1.62. The molecule has 0 bridgehead atoms. The van der Waals surface area contributed by atoms with Crippen LogP contribution in [0, 0.1) is 5.82 Å². The minimum absolute atomic E-state index is 0.284. The van der Waals surface area contributed by atoms with Crippen LogP contribution in [0.1, 0.15) is 21.5 Å². The van der Waals surface area contributed by atoms with Gasteiger partial charge >= 0.3 is 0 Å². The van der Waals surface area contributed by atoms with E-state index in [4.69, 9.17) is 9.47 Å². The molecular weight excluding hydrogens is 439 g/mol. The van der Waals surface area contributed by atoms with Gasteiger partial charge in [0.05, 0.1) is 13.3 Å². The molecule has 3 aromatic rings. The Bertz CT molecular complexity index is 1020. The zero-order chi connectivity index (χ0) is 20.6. The molecule has 0 saturated carbocycles. The summed E-state index contributed by atoms with van der Waals surface area (Å²) in [6.45, 7) is 0.284. The second kappa shape index (κ2) is 9.84. The number of rotatable bonds is 7. The molecule has 0 aliphatic heterocycles. The number of carbonyl (C=O) groups excluding carboxylic acids is 1. The first kappa shape index (κ1) is 20.5. The van der Waals surface area contributed by atoms with E-state index in [0.29, 0.717) is 17.1 Å². The third-order valence-electron chi connectivity index (χ3n) is 3.96. The van der Waals surface area contributed by atoms with Crippen molar-refractivity contribution in [3.63, 3.8) is 0 Å². The highest BCUT2D eigenvalue weighted by Gasteiger charge is 2.07. The van der Waals surface area contributed by atoms with Crippen LogP contribution in [-0.4, -0.2) is 19.2 Å². The van der Waals surface area contributed by atoms with Gasteiger partial charge in [-0.1, -0.05) is 34.1 Å². The molecule has 3 rings (SSSR count). The monoisotopic (exact) mass is 456 g/mol. The van der Waals surface area contributed by atoms with Crippen molar-refractivity contribution in [2.24, 2.45) is 5.10 Å². The van der Waals surface area contributed by atoms with E-state index in [2.05, 4.69) is 26.5 Å². The van der Waals surface area contributed by atoms with Gasteiger partial charge in [-0.3, -0.25) is 4.79 Å². The summed E-state index contributed by atoms with van der Waals surface area (Å²) in [7, 11) is 1.54. The summed E-state index contributed by atoms with van der Waals surface area (Å²) < 4.78 is 24.9. The molecule has 0 unspecified atom stereocenters. The van der Waals surface area contributed by atoms with Crippen molar-refractivity contribution in [1.82, 2.24) is 5.43 Å².